The van der Waals surface area contributed by atoms with Crippen molar-refractivity contribution in [3.8, 4) is 5.75 Å². The molecule has 0 N–H and O–H groups in total. The van der Waals surface area contributed by atoms with Crippen LogP contribution < -0.4 is 4.74 Å². The van der Waals surface area contributed by atoms with E-state index in [0.717, 1.165) is 5.75 Å². The highest BCUT2D eigenvalue weighted by atomic mass is 35.7. The molecule has 1 aromatic rings. The van der Waals surface area contributed by atoms with Crippen LogP contribution in [0.25, 0.3) is 0 Å². The Balaban J connectivity index is 2.44. The smallest absolute Gasteiger partial charge is 0.232 e. The van der Waals surface area contributed by atoms with Crippen LogP contribution in [-0.4, -0.2) is 20.8 Å². The van der Waals surface area contributed by atoms with Crippen molar-refractivity contribution in [3.63, 3.8) is 0 Å². The molecule has 5 heteroatoms. The third-order valence-electron chi connectivity index (χ3n) is 2.33. The normalized spacial score (nSPS) is 11.8. The van der Waals surface area contributed by atoms with Gasteiger partial charge in [-0.25, -0.2) is 8.42 Å². The molecule has 0 radical (unpaired) electrons. The molecule has 1 rings (SSSR count). The molecule has 0 saturated carbocycles. The number of halogens is 1. The van der Waals surface area contributed by atoms with E-state index < -0.39 is 9.05 Å². The van der Waals surface area contributed by atoms with E-state index in [2.05, 4.69) is 13.8 Å². The Morgan fingerprint density at radius 3 is 2.65 bits per heavy atom. The van der Waals surface area contributed by atoms with Gasteiger partial charge < -0.3 is 4.74 Å². The molecule has 0 unspecified atom stereocenters. The Morgan fingerprint density at radius 1 is 1.35 bits per heavy atom. The van der Waals surface area contributed by atoms with Gasteiger partial charge in [-0.2, -0.15) is 0 Å². The van der Waals surface area contributed by atoms with Gasteiger partial charge in [-0.05, 0) is 30.0 Å². The molecule has 0 atom stereocenters. The summed E-state index contributed by atoms with van der Waals surface area (Å²) in [4.78, 5) is 0. The molecule has 0 heterocycles. The van der Waals surface area contributed by atoms with Crippen molar-refractivity contribution in [2.75, 3.05) is 12.4 Å². The first-order valence-electron chi connectivity index (χ1n) is 5.53. The summed E-state index contributed by atoms with van der Waals surface area (Å²) in [5.41, 5.74) is 1.20. The lowest BCUT2D eigenvalue weighted by atomic mass is 10.0. The van der Waals surface area contributed by atoms with Crippen molar-refractivity contribution >= 4 is 19.7 Å². The van der Waals surface area contributed by atoms with Crippen LogP contribution in [0.15, 0.2) is 24.3 Å². The summed E-state index contributed by atoms with van der Waals surface area (Å²) in [7, 11) is 1.69. The first-order chi connectivity index (χ1) is 7.88. The molecular weight excluding hydrogens is 260 g/mol. The van der Waals surface area contributed by atoms with E-state index in [0.29, 0.717) is 18.9 Å². The third kappa shape index (κ3) is 5.94. The zero-order valence-electron chi connectivity index (χ0n) is 10.0. The zero-order valence-corrected chi connectivity index (χ0v) is 11.6. The largest absolute Gasteiger partial charge is 0.494 e. The second-order valence-corrected chi connectivity index (χ2v) is 7.07. The molecule has 1 aromatic carbocycles. The van der Waals surface area contributed by atoms with E-state index in [9.17, 15) is 8.42 Å². The van der Waals surface area contributed by atoms with Crippen molar-refractivity contribution in [1.82, 2.24) is 0 Å². The van der Waals surface area contributed by atoms with Gasteiger partial charge >= 0.3 is 0 Å². The van der Waals surface area contributed by atoms with Gasteiger partial charge in [0.15, 0.2) is 0 Å². The Morgan fingerprint density at radius 2 is 2.06 bits per heavy atom. The maximum atomic E-state index is 10.7. The summed E-state index contributed by atoms with van der Waals surface area (Å²) in [6.45, 7) is 4.58. The van der Waals surface area contributed by atoms with Crippen LogP contribution in [0.2, 0.25) is 0 Å². The van der Waals surface area contributed by atoms with Gasteiger partial charge in [0, 0.05) is 10.7 Å². The van der Waals surface area contributed by atoms with Crippen LogP contribution in [0.5, 0.6) is 5.75 Å². The van der Waals surface area contributed by atoms with E-state index in [1.54, 1.807) is 0 Å². The Kier molecular flexibility index (Phi) is 5.28. The van der Waals surface area contributed by atoms with Gasteiger partial charge in [-0.15, -0.1) is 0 Å². The standard InChI is InChI=1S/C12H17ClO3S/c1-10(2)11-5-3-6-12(9-11)16-7-4-8-17(13,14)15/h3,5-6,9-10H,4,7-8H2,1-2H3. The summed E-state index contributed by atoms with van der Waals surface area (Å²) in [5, 5.41) is 0. The monoisotopic (exact) mass is 276 g/mol. The predicted molar refractivity (Wildman–Crippen MR) is 70.3 cm³/mol. The average Bonchev–Trinajstić information content (AvgIpc) is 2.23. The molecule has 0 aromatic heterocycles. The van der Waals surface area contributed by atoms with Crippen LogP contribution >= 0.6 is 10.7 Å². The average molecular weight is 277 g/mol. The number of rotatable bonds is 6. The zero-order chi connectivity index (χ0) is 12.9. The molecular formula is C12H17ClO3S. The number of hydrogen-bond acceptors (Lipinski definition) is 3. The number of ether oxygens (including phenoxy) is 1. The summed E-state index contributed by atoms with van der Waals surface area (Å²) in [5.74, 6) is 1.16. The summed E-state index contributed by atoms with van der Waals surface area (Å²) in [6, 6.07) is 7.81. The summed E-state index contributed by atoms with van der Waals surface area (Å²) < 4.78 is 26.9. The number of benzene rings is 1. The van der Waals surface area contributed by atoms with E-state index in [4.69, 9.17) is 15.4 Å². The van der Waals surface area contributed by atoms with Gasteiger partial charge in [-0.3, -0.25) is 0 Å². The minimum atomic E-state index is -3.41. The molecule has 0 aliphatic carbocycles. The topological polar surface area (TPSA) is 43.4 Å². The molecule has 96 valence electrons. The maximum Gasteiger partial charge on any atom is 0.232 e. The summed E-state index contributed by atoms with van der Waals surface area (Å²) in [6.07, 6.45) is 0.401. The fraction of sp³-hybridized carbons (Fsp3) is 0.500. The van der Waals surface area contributed by atoms with Crippen molar-refractivity contribution in [2.24, 2.45) is 0 Å². The molecule has 0 aliphatic heterocycles. The van der Waals surface area contributed by atoms with Gasteiger partial charge in [-0.1, -0.05) is 26.0 Å². The summed E-state index contributed by atoms with van der Waals surface area (Å²) >= 11 is 0. The SMILES string of the molecule is CC(C)c1cccc(OCCCS(=O)(=O)Cl)c1. The fourth-order valence-corrected chi connectivity index (χ4v) is 2.17. The lowest BCUT2D eigenvalue weighted by Gasteiger charge is -2.09. The quantitative estimate of drug-likeness (QED) is 0.592. The minimum Gasteiger partial charge on any atom is -0.494 e. The van der Waals surface area contributed by atoms with Crippen LogP contribution in [0, 0.1) is 0 Å². The van der Waals surface area contributed by atoms with Crippen molar-refractivity contribution in [3.05, 3.63) is 29.8 Å². The Labute approximate surface area is 107 Å². The highest BCUT2D eigenvalue weighted by Crippen LogP contribution is 2.20. The van der Waals surface area contributed by atoms with Gasteiger partial charge in [0.1, 0.15) is 5.75 Å². The lowest BCUT2D eigenvalue weighted by molar-refractivity contribution is 0.317. The molecule has 3 nitrogen and oxygen atoms in total. The minimum absolute atomic E-state index is 0.0571. The molecule has 0 spiro atoms. The molecule has 0 saturated heterocycles. The van der Waals surface area contributed by atoms with Crippen LogP contribution in [0.4, 0.5) is 0 Å². The third-order valence-corrected chi connectivity index (χ3v) is 3.57. The predicted octanol–water partition coefficient (Wildman–Crippen LogP) is 3.15. The van der Waals surface area contributed by atoms with E-state index >= 15 is 0 Å². The first-order valence-corrected chi connectivity index (χ1v) is 8.01. The van der Waals surface area contributed by atoms with Crippen molar-refractivity contribution < 1.29 is 13.2 Å². The van der Waals surface area contributed by atoms with Crippen LogP contribution in [-0.2, 0) is 9.05 Å². The molecule has 0 aliphatic rings. The van der Waals surface area contributed by atoms with Crippen LogP contribution in [0.1, 0.15) is 31.7 Å². The fourth-order valence-electron chi connectivity index (χ4n) is 1.38. The van der Waals surface area contributed by atoms with E-state index in [1.165, 1.54) is 5.56 Å². The highest BCUT2D eigenvalue weighted by molar-refractivity contribution is 8.13. The van der Waals surface area contributed by atoms with Gasteiger partial charge in [0.2, 0.25) is 9.05 Å². The Bertz CT molecular complexity index is 455. The van der Waals surface area contributed by atoms with E-state index in [-0.39, 0.29) is 5.75 Å². The molecule has 0 fully saturated rings. The molecule has 0 amide bonds. The highest BCUT2D eigenvalue weighted by Gasteiger charge is 2.05. The first kappa shape index (κ1) is 14.3. The van der Waals surface area contributed by atoms with Gasteiger partial charge in [0.05, 0.1) is 12.4 Å². The van der Waals surface area contributed by atoms with E-state index in [1.807, 2.05) is 24.3 Å². The van der Waals surface area contributed by atoms with Crippen LogP contribution in [0.3, 0.4) is 0 Å². The second-order valence-electron chi connectivity index (χ2n) is 4.17. The molecule has 17 heavy (non-hydrogen) atoms. The van der Waals surface area contributed by atoms with Gasteiger partial charge in [0.25, 0.3) is 0 Å². The van der Waals surface area contributed by atoms with Crippen molar-refractivity contribution in [2.45, 2.75) is 26.2 Å². The Hall–Kier alpha value is -0.740. The lowest BCUT2D eigenvalue weighted by Crippen LogP contribution is -2.05. The molecule has 0 bridgehead atoms. The second kappa shape index (κ2) is 6.26. The maximum absolute atomic E-state index is 10.7. The number of hydrogen-bond donors (Lipinski definition) is 0. The van der Waals surface area contributed by atoms with Crippen molar-refractivity contribution in [1.29, 1.82) is 0 Å².